The van der Waals surface area contributed by atoms with E-state index in [1.807, 2.05) is 18.2 Å². The van der Waals surface area contributed by atoms with Crippen LogP contribution in [0.1, 0.15) is 23.3 Å². The minimum Gasteiger partial charge on any atom is -0.334 e. The molecular weight excluding hydrogens is 364 g/mol. The Bertz CT molecular complexity index is 1010. The Labute approximate surface area is 161 Å². The number of anilines is 2. The normalized spacial score (nSPS) is 21.6. The number of piperidine rings is 2. The molecule has 3 aliphatic rings. The van der Waals surface area contributed by atoms with E-state index in [4.69, 9.17) is 11.6 Å². The molecule has 3 saturated heterocycles. The molecule has 3 aliphatic heterocycles. The van der Waals surface area contributed by atoms with E-state index in [1.165, 1.54) is 6.42 Å². The third-order valence-electron chi connectivity index (χ3n) is 5.35. The maximum atomic E-state index is 12.8. The van der Waals surface area contributed by atoms with E-state index < -0.39 is 0 Å². The Kier molecular flexibility index (Phi) is 3.98. The third kappa shape index (κ3) is 2.93. The molecule has 5 heterocycles. The van der Waals surface area contributed by atoms with Crippen LogP contribution in [0.2, 0.25) is 5.02 Å². The zero-order chi connectivity index (χ0) is 18.4. The molecule has 6 rings (SSSR count). The van der Waals surface area contributed by atoms with Gasteiger partial charge < -0.3 is 15.5 Å². The van der Waals surface area contributed by atoms with E-state index in [9.17, 15) is 4.79 Å². The molecule has 7 nitrogen and oxygen atoms in total. The number of benzene rings is 1. The van der Waals surface area contributed by atoms with Gasteiger partial charge in [-0.2, -0.15) is 0 Å². The van der Waals surface area contributed by atoms with Crippen molar-refractivity contribution in [2.45, 2.75) is 24.9 Å². The van der Waals surface area contributed by atoms with Crippen LogP contribution in [0.25, 0.3) is 5.52 Å². The fourth-order valence-corrected chi connectivity index (χ4v) is 4.08. The minimum absolute atomic E-state index is 0.255. The molecule has 2 bridgehead atoms. The molecule has 3 aromatic rings. The lowest BCUT2D eigenvalue weighted by Gasteiger charge is -2.45. The molecule has 8 heteroatoms. The van der Waals surface area contributed by atoms with Gasteiger partial charge in [0, 0.05) is 25.2 Å². The van der Waals surface area contributed by atoms with Gasteiger partial charge in [-0.1, -0.05) is 23.7 Å². The Morgan fingerprint density at radius 1 is 1.22 bits per heavy atom. The highest BCUT2D eigenvalue weighted by Gasteiger charge is 2.35. The molecule has 2 aromatic heterocycles. The number of nitrogens with one attached hydrogen (secondary N) is 2. The number of piperazine rings is 1. The molecule has 1 aromatic carbocycles. The van der Waals surface area contributed by atoms with E-state index in [-0.39, 0.29) is 5.91 Å². The first-order valence-corrected chi connectivity index (χ1v) is 9.47. The van der Waals surface area contributed by atoms with Gasteiger partial charge in [-0.05, 0) is 37.1 Å². The molecule has 3 fully saturated rings. The number of hydrogen-bond acceptors (Lipinski definition) is 5. The molecule has 0 aliphatic carbocycles. The van der Waals surface area contributed by atoms with E-state index >= 15 is 0 Å². The van der Waals surface area contributed by atoms with E-state index in [0.29, 0.717) is 34.4 Å². The maximum absolute atomic E-state index is 12.8. The van der Waals surface area contributed by atoms with Crippen molar-refractivity contribution in [3.05, 3.63) is 53.3 Å². The number of carbonyl (C=O) groups is 1. The summed E-state index contributed by atoms with van der Waals surface area (Å²) in [6.45, 7) is 1.86. The summed E-state index contributed by atoms with van der Waals surface area (Å²) in [5.74, 6) is 0.413. The van der Waals surface area contributed by atoms with Crippen molar-refractivity contribution in [1.82, 2.24) is 19.9 Å². The highest BCUT2D eigenvalue weighted by Crippen LogP contribution is 2.26. The monoisotopic (exact) mass is 382 g/mol. The largest absolute Gasteiger partial charge is 0.334 e. The summed E-state index contributed by atoms with van der Waals surface area (Å²) in [7, 11) is 0. The summed E-state index contributed by atoms with van der Waals surface area (Å²) >= 11 is 6.15. The van der Waals surface area contributed by atoms with E-state index in [1.54, 1.807) is 28.9 Å². The Hall–Kier alpha value is -2.64. The van der Waals surface area contributed by atoms with Gasteiger partial charge in [0.1, 0.15) is 5.69 Å². The van der Waals surface area contributed by atoms with Gasteiger partial charge in [-0.25, -0.2) is 9.50 Å². The standard InChI is InChI=1S/C19H19ClN6O/c20-15-3-1-2-4-16(15)23-18(27)17-8-7-14-10-22-19(24-26(14)17)25-11-12-5-6-13(25)9-21-12/h1-4,7-8,10,12-13,21H,5-6,9,11H2,(H,23,27). The lowest BCUT2D eigenvalue weighted by Crippen LogP contribution is -2.61. The minimum atomic E-state index is -0.255. The van der Waals surface area contributed by atoms with Gasteiger partial charge in [-0.15, -0.1) is 5.10 Å². The summed E-state index contributed by atoms with van der Waals surface area (Å²) in [5.41, 5.74) is 1.81. The summed E-state index contributed by atoms with van der Waals surface area (Å²) < 4.78 is 1.66. The van der Waals surface area contributed by atoms with Crippen LogP contribution in [0.15, 0.2) is 42.6 Å². The van der Waals surface area contributed by atoms with Gasteiger partial charge in [0.05, 0.1) is 22.4 Å². The van der Waals surface area contributed by atoms with E-state index in [0.717, 1.165) is 25.0 Å². The number of aromatic nitrogens is 3. The predicted octanol–water partition coefficient (Wildman–Crippen LogP) is 2.58. The van der Waals surface area contributed by atoms with Crippen LogP contribution in [0.5, 0.6) is 0 Å². The van der Waals surface area contributed by atoms with Gasteiger partial charge >= 0.3 is 0 Å². The van der Waals surface area contributed by atoms with Crippen molar-refractivity contribution in [1.29, 1.82) is 0 Å². The fraction of sp³-hybridized carbons (Fsp3) is 0.316. The average molecular weight is 383 g/mol. The van der Waals surface area contributed by atoms with Crippen LogP contribution in [0, 0.1) is 0 Å². The summed E-state index contributed by atoms with van der Waals surface area (Å²) in [4.78, 5) is 19.6. The molecule has 2 N–H and O–H groups in total. The van der Waals surface area contributed by atoms with Crippen LogP contribution in [-0.2, 0) is 0 Å². The quantitative estimate of drug-likeness (QED) is 0.728. The second-order valence-electron chi connectivity index (χ2n) is 7.04. The molecule has 0 radical (unpaired) electrons. The SMILES string of the molecule is O=C(Nc1ccccc1Cl)c1ccc2cnc(N3CC4CCC3CN4)nn12. The Morgan fingerprint density at radius 2 is 2.11 bits per heavy atom. The summed E-state index contributed by atoms with van der Waals surface area (Å²) in [6, 6.07) is 11.7. The summed E-state index contributed by atoms with van der Waals surface area (Å²) in [5, 5.41) is 11.6. The molecule has 2 unspecified atom stereocenters. The highest BCUT2D eigenvalue weighted by molar-refractivity contribution is 6.33. The number of hydrogen-bond donors (Lipinski definition) is 2. The smallest absolute Gasteiger partial charge is 0.274 e. The molecule has 0 saturated carbocycles. The first-order valence-electron chi connectivity index (χ1n) is 9.10. The van der Waals surface area contributed by atoms with Crippen molar-refractivity contribution in [2.24, 2.45) is 0 Å². The van der Waals surface area contributed by atoms with Gasteiger partial charge in [0.15, 0.2) is 0 Å². The van der Waals surface area contributed by atoms with Gasteiger partial charge in [0.2, 0.25) is 5.95 Å². The number of carbonyl (C=O) groups excluding carboxylic acids is 1. The van der Waals surface area contributed by atoms with Crippen molar-refractivity contribution >= 4 is 34.7 Å². The second kappa shape index (κ2) is 6.51. The molecule has 2 atom stereocenters. The molecule has 138 valence electrons. The third-order valence-corrected chi connectivity index (χ3v) is 5.68. The highest BCUT2D eigenvalue weighted by atomic mass is 35.5. The van der Waals surface area contributed by atoms with Crippen LogP contribution in [-0.4, -0.2) is 45.7 Å². The molecular formula is C19H19ClN6O. The number of amides is 1. The molecule has 1 amide bonds. The summed E-state index contributed by atoms with van der Waals surface area (Å²) in [6.07, 6.45) is 4.10. The Morgan fingerprint density at radius 3 is 2.85 bits per heavy atom. The van der Waals surface area contributed by atoms with Gasteiger partial charge in [-0.3, -0.25) is 4.79 Å². The molecule has 0 spiro atoms. The van der Waals surface area contributed by atoms with Crippen molar-refractivity contribution < 1.29 is 4.79 Å². The number of halogens is 1. The van der Waals surface area contributed by atoms with Crippen molar-refractivity contribution in [3.63, 3.8) is 0 Å². The van der Waals surface area contributed by atoms with Crippen LogP contribution < -0.4 is 15.5 Å². The van der Waals surface area contributed by atoms with Gasteiger partial charge in [0.25, 0.3) is 5.91 Å². The van der Waals surface area contributed by atoms with Crippen LogP contribution >= 0.6 is 11.6 Å². The lowest BCUT2D eigenvalue weighted by atomic mass is 9.93. The molecule has 27 heavy (non-hydrogen) atoms. The van der Waals surface area contributed by atoms with Crippen LogP contribution in [0.4, 0.5) is 11.6 Å². The number of nitrogens with zero attached hydrogens (tertiary/aromatic N) is 4. The average Bonchev–Trinajstić information content (AvgIpc) is 3.14. The van der Waals surface area contributed by atoms with Crippen molar-refractivity contribution in [2.75, 3.05) is 23.3 Å². The second-order valence-corrected chi connectivity index (χ2v) is 7.44. The number of para-hydroxylation sites is 1. The van der Waals surface area contributed by atoms with Crippen molar-refractivity contribution in [3.8, 4) is 0 Å². The van der Waals surface area contributed by atoms with Crippen LogP contribution in [0.3, 0.4) is 0 Å². The topological polar surface area (TPSA) is 74.6 Å². The maximum Gasteiger partial charge on any atom is 0.274 e. The number of rotatable bonds is 3. The fourth-order valence-electron chi connectivity index (χ4n) is 3.90. The first-order chi connectivity index (χ1) is 13.2. The zero-order valence-corrected chi connectivity index (χ0v) is 15.4. The number of fused-ring (bicyclic) bond motifs is 4. The first kappa shape index (κ1) is 16.5. The lowest BCUT2D eigenvalue weighted by molar-refractivity contribution is 0.102. The van der Waals surface area contributed by atoms with E-state index in [2.05, 4.69) is 25.6 Å². The predicted molar refractivity (Wildman–Crippen MR) is 105 cm³/mol. The zero-order valence-electron chi connectivity index (χ0n) is 14.6. The Balaban J connectivity index is 1.47.